The summed E-state index contributed by atoms with van der Waals surface area (Å²) in [4.78, 5) is 123. The van der Waals surface area contributed by atoms with Gasteiger partial charge in [-0.2, -0.15) is 19.9 Å². The number of anilines is 12. The second kappa shape index (κ2) is 42.1. The topological polar surface area (TPSA) is 387 Å². The van der Waals surface area contributed by atoms with Crippen LogP contribution in [0.1, 0.15) is 99.7 Å². The Morgan fingerprint density at radius 3 is 0.720 bits per heavy atom. The van der Waals surface area contributed by atoms with Gasteiger partial charge in [-0.3, -0.25) is 19.2 Å². The van der Waals surface area contributed by atoms with Gasteiger partial charge in [-0.1, -0.05) is 12.8 Å². The van der Waals surface area contributed by atoms with Crippen molar-refractivity contribution in [3.8, 4) is 0 Å². The lowest BCUT2D eigenvalue weighted by molar-refractivity contribution is 0.0803. The van der Waals surface area contributed by atoms with E-state index in [0.29, 0.717) is 102 Å². The number of carbonyl (C=O) groups is 4. The van der Waals surface area contributed by atoms with Crippen molar-refractivity contribution in [2.24, 2.45) is 0 Å². The van der Waals surface area contributed by atoms with E-state index >= 15 is 0 Å². The summed E-state index contributed by atoms with van der Waals surface area (Å²) in [6, 6.07) is 23.6. The standard InChI is InChI=1S/C24H33N9O.C23H31N9O.C22H29N9O2.C22H29N9O/c1-30(2)23(34)20-15-18-16-27-24(29-22(18)33(20)32-11-5-3-4-6-12-32)28-21-8-7-19(17-26-21)31-13-9-25-10-14-31;1-29(2)22(33)19-14-17-15-26-23(28-21(17)32(19)31-10-4-3-5-11-31)27-20-7-6-18(16-25-20)30-12-8-24-9-13-30;1-28(2)21(32)18-13-16-14-25-22(27-20(16)31(18)30-9-11-33-12-10-30)26-19-4-3-17(15-24-19)29-7-5-23-6-8-29;1-28(2)21(32)18-13-16-14-25-22(27-20(16)31(18)30-9-3-4-10-30)26-19-6-5-17(15-24-19)29-11-7-23-8-12-29/h7-8,15-17,25H,3-6,9-14H2,1-2H3,(H,26,27,28,29);6-7,14-16,24H,3-5,8-13H2,1-2H3,(H,25,26,27,28);3-4,13-15,23H,5-12H2,1-2H3,(H,24,25,26,27);5-6,13-15,23H,3-4,7-12H2,1-2H3,(H,24,25,26,27). The molecular weight excluding hydrogens is 1680 g/mol. The average Bonchev–Trinajstić information content (AvgIpc) is 1.67. The second-order valence-electron chi connectivity index (χ2n) is 34.7. The zero-order valence-corrected chi connectivity index (χ0v) is 76.9. The Labute approximate surface area is 767 Å². The fraction of sp³-hybridized carbons (Fsp3) is 0.473. The molecule has 132 heavy (non-hydrogen) atoms. The van der Waals surface area contributed by atoms with Crippen LogP contribution in [0.2, 0.25) is 0 Å². The van der Waals surface area contributed by atoms with Gasteiger partial charge in [0.05, 0.1) is 73.8 Å². The summed E-state index contributed by atoms with van der Waals surface area (Å²) in [6.07, 6.45) is 24.9. The lowest BCUT2D eigenvalue weighted by Gasteiger charge is -2.31. The predicted octanol–water partition coefficient (Wildman–Crippen LogP) is 6.06. The fourth-order valence-electron chi connectivity index (χ4n) is 17.5. The van der Waals surface area contributed by atoms with Gasteiger partial charge in [-0.05, 0) is 118 Å². The van der Waals surface area contributed by atoms with Crippen molar-refractivity contribution in [1.29, 1.82) is 0 Å². The first-order chi connectivity index (χ1) is 64.4. The number of pyridine rings is 4. The quantitative estimate of drug-likeness (QED) is 0.0430. The Balaban J connectivity index is 0.000000123. The molecule has 12 aromatic heterocycles. The highest BCUT2D eigenvalue weighted by molar-refractivity contribution is 6.01. The normalized spacial score (nSPS) is 16.8. The van der Waals surface area contributed by atoms with Crippen LogP contribution < -0.4 is 82.2 Å². The van der Waals surface area contributed by atoms with Crippen LogP contribution in [0.3, 0.4) is 0 Å². The molecule has 20 rings (SSSR count). The molecular formula is C91H122N36O5. The molecule has 41 heteroatoms. The van der Waals surface area contributed by atoms with E-state index < -0.39 is 0 Å². The minimum absolute atomic E-state index is 0.0399. The molecule has 8 N–H and O–H groups in total. The van der Waals surface area contributed by atoms with Crippen molar-refractivity contribution in [1.82, 2.24) is 119 Å². The molecule has 696 valence electrons. The predicted molar refractivity (Wildman–Crippen MR) is 517 cm³/mol. The number of amides is 4. The largest absolute Gasteiger partial charge is 0.378 e. The first-order valence-electron chi connectivity index (χ1n) is 46.1. The van der Waals surface area contributed by atoms with Gasteiger partial charge in [-0.25, -0.2) is 58.6 Å². The molecule has 8 saturated heterocycles. The Hall–Kier alpha value is -13.6. The van der Waals surface area contributed by atoms with Gasteiger partial charge in [0.2, 0.25) is 23.8 Å². The lowest BCUT2D eigenvalue weighted by Crippen LogP contribution is -2.46. The summed E-state index contributed by atoms with van der Waals surface area (Å²) in [6.45, 7) is 23.7. The van der Waals surface area contributed by atoms with Gasteiger partial charge in [-0.15, -0.1) is 0 Å². The van der Waals surface area contributed by atoms with Crippen LogP contribution in [0.5, 0.6) is 0 Å². The second-order valence-corrected chi connectivity index (χ2v) is 34.7. The number of carbonyl (C=O) groups excluding carboxylic acids is 4. The fourth-order valence-corrected chi connectivity index (χ4v) is 17.5. The molecule has 0 bridgehead atoms. The molecule has 4 amide bonds. The van der Waals surface area contributed by atoms with Gasteiger partial charge >= 0.3 is 0 Å². The number of ether oxygens (including phenoxy) is 1. The van der Waals surface area contributed by atoms with Crippen LogP contribution in [-0.4, -0.2) is 348 Å². The molecule has 41 nitrogen and oxygen atoms in total. The first kappa shape index (κ1) is 90.3. The highest BCUT2D eigenvalue weighted by atomic mass is 16.5. The van der Waals surface area contributed by atoms with Gasteiger partial charge in [0.1, 0.15) is 46.0 Å². The Kier molecular flexibility index (Phi) is 28.8. The zero-order chi connectivity index (χ0) is 91.1. The number of piperidine rings is 1. The monoisotopic (exact) mass is 1800 g/mol. The minimum atomic E-state index is -0.0841. The molecule has 0 saturated carbocycles. The molecule has 0 radical (unpaired) electrons. The summed E-state index contributed by atoms with van der Waals surface area (Å²) in [7, 11) is 14.1. The Morgan fingerprint density at radius 2 is 0.500 bits per heavy atom. The van der Waals surface area contributed by atoms with Crippen molar-refractivity contribution in [3.63, 3.8) is 0 Å². The third kappa shape index (κ3) is 21.2. The van der Waals surface area contributed by atoms with Gasteiger partial charge in [0.15, 0.2) is 22.6 Å². The van der Waals surface area contributed by atoms with E-state index in [4.69, 9.17) is 24.7 Å². The van der Waals surface area contributed by atoms with Crippen molar-refractivity contribution in [3.05, 3.63) is 145 Å². The summed E-state index contributed by atoms with van der Waals surface area (Å²) < 4.78 is 13.3. The maximum Gasteiger partial charge on any atom is 0.272 e. The van der Waals surface area contributed by atoms with Crippen molar-refractivity contribution in [2.75, 3.05) is 288 Å². The van der Waals surface area contributed by atoms with E-state index in [-0.39, 0.29) is 23.6 Å². The lowest BCUT2D eigenvalue weighted by atomic mass is 10.2. The van der Waals surface area contributed by atoms with Crippen LogP contribution in [0.15, 0.2) is 122 Å². The van der Waals surface area contributed by atoms with Crippen molar-refractivity contribution >= 4 is 138 Å². The number of hydrogen-bond donors (Lipinski definition) is 8. The summed E-state index contributed by atoms with van der Waals surface area (Å²) in [5.41, 5.74) is 9.72. The summed E-state index contributed by atoms with van der Waals surface area (Å²) in [5, 5.41) is 38.4. The number of fused-ring (bicyclic) bond motifs is 4. The summed E-state index contributed by atoms with van der Waals surface area (Å²) >= 11 is 0. The third-order valence-electron chi connectivity index (χ3n) is 24.6. The zero-order valence-electron chi connectivity index (χ0n) is 76.9. The third-order valence-corrected chi connectivity index (χ3v) is 24.6. The Morgan fingerprint density at radius 1 is 0.280 bits per heavy atom. The highest BCUT2D eigenvalue weighted by Gasteiger charge is 2.31. The van der Waals surface area contributed by atoms with Gasteiger partial charge in [0, 0.05) is 247 Å². The number of aromatic nitrogens is 16. The number of hydrogen-bond acceptors (Lipinski definition) is 33. The number of morpholine rings is 1. The number of nitrogens with zero attached hydrogens (tertiary/aromatic N) is 28. The van der Waals surface area contributed by atoms with E-state index in [9.17, 15) is 19.2 Å². The van der Waals surface area contributed by atoms with Crippen LogP contribution in [-0.2, 0) is 4.74 Å². The minimum Gasteiger partial charge on any atom is -0.378 e. The molecule has 0 unspecified atom stereocenters. The first-order valence-corrected chi connectivity index (χ1v) is 46.1. The molecule has 8 aliphatic heterocycles. The van der Waals surface area contributed by atoms with Crippen LogP contribution in [0.4, 0.5) is 69.8 Å². The Bertz CT molecular complexity index is 5710. The van der Waals surface area contributed by atoms with Crippen LogP contribution in [0.25, 0.3) is 44.1 Å². The number of piperazine rings is 4. The molecule has 0 aliphatic carbocycles. The number of rotatable bonds is 20. The molecule has 8 fully saturated rings. The average molecular weight is 1800 g/mol. The molecule has 20 heterocycles. The van der Waals surface area contributed by atoms with Crippen LogP contribution >= 0.6 is 0 Å². The van der Waals surface area contributed by atoms with Crippen LogP contribution in [0, 0.1) is 0 Å². The molecule has 12 aromatic rings. The molecule has 0 spiro atoms. The van der Waals surface area contributed by atoms with Crippen molar-refractivity contribution < 1.29 is 23.9 Å². The van der Waals surface area contributed by atoms with E-state index in [0.717, 1.165) is 244 Å². The van der Waals surface area contributed by atoms with Gasteiger partial charge in [0.25, 0.3) is 23.6 Å². The molecule has 8 aliphatic rings. The summed E-state index contributed by atoms with van der Waals surface area (Å²) in [5.74, 6) is 4.34. The molecule has 0 atom stereocenters. The van der Waals surface area contributed by atoms with E-state index in [1.54, 1.807) is 101 Å². The molecule has 0 aromatic carbocycles. The maximum atomic E-state index is 13.0. The van der Waals surface area contributed by atoms with E-state index in [1.165, 1.54) is 19.3 Å². The van der Waals surface area contributed by atoms with E-state index in [2.05, 4.69) is 146 Å². The van der Waals surface area contributed by atoms with Gasteiger partial charge < -0.3 is 107 Å². The highest BCUT2D eigenvalue weighted by Crippen LogP contribution is 2.31. The van der Waals surface area contributed by atoms with Crippen molar-refractivity contribution in [2.45, 2.75) is 57.8 Å². The SMILES string of the molecule is CN(C)C(=O)c1cc2cnc(Nc3ccc(N4CCNCC4)cn3)nc2n1N1CCCC1.CN(C)C(=O)c1cc2cnc(Nc3ccc(N4CCNCC4)cn3)nc2n1N1CCCCC1.CN(C)C(=O)c1cc2cnc(Nc3ccc(N4CCNCC4)cn3)nc2n1N1CCCCCC1.CN(C)C(=O)c1cc2cnc(Nc3ccc(N4CCNCC4)cn3)nc2n1N1CCOCC1. The van der Waals surface area contributed by atoms with E-state index in [1.807, 2.05) is 92.0 Å². The number of nitrogens with one attached hydrogen (secondary N) is 8. The maximum absolute atomic E-state index is 13.0. The smallest absolute Gasteiger partial charge is 0.272 e.